The van der Waals surface area contributed by atoms with Crippen molar-refractivity contribution in [1.82, 2.24) is 4.72 Å². The number of hydrogen-bond acceptors (Lipinski definition) is 7. The lowest BCUT2D eigenvalue weighted by atomic mass is 10.2. The number of carbonyl (C=O) groups excluding carboxylic acids is 2. The average molecular weight is 457 g/mol. The van der Waals surface area contributed by atoms with Crippen molar-refractivity contribution < 1.29 is 32.2 Å². The fraction of sp³-hybridized carbons (Fsp3) is 0.263. The molecule has 0 saturated carbocycles. The van der Waals surface area contributed by atoms with Crippen LogP contribution in [0.4, 0.5) is 5.69 Å². The third kappa shape index (κ3) is 6.61. The zero-order valence-electron chi connectivity index (χ0n) is 16.5. The van der Waals surface area contributed by atoms with Crippen molar-refractivity contribution in [2.75, 3.05) is 26.1 Å². The van der Waals surface area contributed by atoms with Crippen LogP contribution < -0.4 is 19.5 Å². The number of sulfonamides is 1. The van der Waals surface area contributed by atoms with Crippen LogP contribution in [0.2, 0.25) is 5.02 Å². The number of benzene rings is 2. The van der Waals surface area contributed by atoms with Crippen LogP contribution in [0.3, 0.4) is 0 Å². The van der Waals surface area contributed by atoms with Gasteiger partial charge < -0.3 is 19.5 Å². The van der Waals surface area contributed by atoms with Gasteiger partial charge in [0.05, 0.1) is 19.1 Å². The molecule has 2 aromatic rings. The predicted molar refractivity (Wildman–Crippen MR) is 110 cm³/mol. The van der Waals surface area contributed by atoms with E-state index in [1.165, 1.54) is 45.4 Å². The minimum atomic E-state index is -3.96. The number of amides is 1. The number of carbonyl (C=O) groups is 2. The van der Waals surface area contributed by atoms with Gasteiger partial charge in [0.1, 0.15) is 17.5 Å². The quantitative estimate of drug-likeness (QED) is 0.555. The van der Waals surface area contributed by atoms with Gasteiger partial charge in [-0.25, -0.2) is 8.42 Å². The van der Waals surface area contributed by atoms with E-state index in [1.807, 2.05) is 0 Å². The maximum Gasteiger partial charge on any atom is 0.324 e. The second-order valence-electron chi connectivity index (χ2n) is 6.05. The third-order valence-electron chi connectivity index (χ3n) is 3.79. The Morgan fingerprint density at radius 1 is 1.03 bits per heavy atom. The maximum absolute atomic E-state index is 12.3. The van der Waals surface area contributed by atoms with Gasteiger partial charge >= 0.3 is 5.97 Å². The molecule has 0 radical (unpaired) electrons. The lowest BCUT2D eigenvalue weighted by Crippen LogP contribution is -2.40. The molecule has 1 atom stereocenters. The summed E-state index contributed by atoms with van der Waals surface area (Å²) in [4.78, 5) is 24.1. The fourth-order valence-electron chi connectivity index (χ4n) is 2.30. The number of ether oxygens (including phenoxy) is 3. The number of nitrogens with one attached hydrogen (secondary N) is 2. The molecule has 0 spiro atoms. The first kappa shape index (κ1) is 23.5. The number of hydrogen-bond donors (Lipinski definition) is 2. The van der Waals surface area contributed by atoms with Crippen molar-refractivity contribution in [2.24, 2.45) is 0 Å². The number of halogens is 1. The van der Waals surface area contributed by atoms with Gasteiger partial charge in [-0.3, -0.25) is 9.59 Å². The van der Waals surface area contributed by atoms with Crippen LogP contribution in [0.25, 0.3) is 0 Å². The maximum atomic E-state index is 12.3. The molecular weight excluding hydrogens is 436 g/mol. The topological polar surface area (TPSA) is 120 Å². The van der Waals surface area contributed by atoms with Crippen molar-refractivity contribution in [3.63, 3.8) is 0 Å². The summed E-state index contributed by atoms with van der Waals surface area (Å²) in [5, 5.41) is 2.91. The van der Waals surface area contributed by atoms with Crippen LogP contribution in [-0.4, -0.2) is 47.2 Å². The molecule has 0 aliphatic rings. The first-order valence-corrected chi connectivity index (χ1v) is 10.5. The third-order valence-corrected chi connectivity index (χ3v) is 5.60. The molecule has 30 heavy (non-hydrogen) atoms. The van der Waals surface area contributed by atoms with Crippen LogP contribution in [0.1, 0.15) is 6.92 Å². The van der Waals surface area contributed by atoms with E-state index in [0.29, 0.717) is 22.2 Å². The van der Waals surface area contributed by atoms with Crippen LogP contribution in [0, 0.1) is 0 Å². The molecule has 0 fully saturated rings. The van der Waals surface area contributed by atoms with Crippen LogP contribution in [0.5, 0.6) is 11.5 Å². The molecule has 162 valence electrons. The minimum absolute atomic E-state index is 0.0590. The SMILES string of the molecule is COc1cc(NC(=O)COC(=O)[C@H](C)NS(=O)(=O)c2ccc(Cl)cc2)cc(OC)c1. The van der Waals surface area contributed by atoms with Crippen LogP contribution >= 0.6 is 11.6 Å². The Morgan fingerprint density at radius 3 is 2.13 bits per heavy atom. The summed E-state index contributed by atoms with van der Waals surface area (Å²) in [6.45, 7) is 0.700. The molecule has 0 saturated heterocycles. The Kier molecular flexibility index (Phi) is 8.04. The van der Waals surface area contributed by atoms with E-state index in [1.54, 1.807) is 18.2 Å². The number of methoxy groups -OCH3 is 2. The lowest BCUT2D eigenvalue weighted by molar-refractivity contribution is -0.148. The van der Waals surface area contributed by atoms with E-state index in [-0.39, 0.29) is 4.90 Å². The Hall–Kier alpha value is -2.82. The highest BCUT2D eigenvalue weighted by molar-refractivity contribution is 7.89. The van der Waals surface area contributed by atoms with Gasteiger partial charge in [-0.1, -0.05) is 11.6 Å². The number of esters is 1. The molecule has 0 aliphatic carbocycles. The molecule has 11 heteroatoms. The van der Waals surface area contributed by atoms with Crippen LogP contribution in [0.15, 0.2) is 47.4 Å². The zero-order valence-corrected chi connectivity index (χ0v) is 18.0. The molecule has 0 aromatic heterocycles. The van der Waals surface area contributed by atoms with E-state index in [0.717, 1.165) is 0 Å². The molecule has 2 rings (SSSR count). The number of rotatable bonds is 9. The Morgan fingerprint density at radius 2 is 1.60 bits per heavy atom. The highest BCUT2D eigenvalue weighted by Gasteiger charge is 2.23. The molecule has 0 heterocycles. The van der Waals surface area contributed by atoms with Gasteiger partial charge in [0, 0.05) is 28.9 Å². The summed E-state index contributed by atoms with van der Waals surface area (Å²) in [6, 6.07) is 8.97. The Labute approximate surface area is 179 Å². The summed E-state index contributed by atoms with van der Waals surface area (Å²) in [5.41, 5.74) is 0.378. The van der Waals surface area contributed by atoms with Gasteiger partial charge in [-0.15, -0.1) is 0 Å². The van der Waals surface area contributed by atoms with Gasteiger partial charge in [-0.2, -0.15) is 4.72 Å². The van der Waals surface area contributed by atoms with Crippen LogP contribution in [-0.2, 0) is 24.3 Å². The monoisotopic (exact) mass is 456 g/mol. The van der Waals surface area contributed by atoms with Gasteiger partial charge in [0.15, 0.2) is 6.61 Å². The second-order valence-corrected chi connectivity index (χ2v) is 8.20. The second kappa shape index (κ2) is 10.3. The summed E-state index contributed by atoms with van der Waals surface area (Å²) in [7, 11) is -1.03. The molecular formula is C19H21ClN2O7S. The molecule has 0 aliphatic heterocycles. The molecule has 2 aromatic carbocycles. The molecule has 2 N–H and O–H groups in total. The Balaban J connectivity index is 1.91. The zero-order chi connectivity index (χ0) is 22.3. The lowest BCUT2D eigenvalue weighted by Gasteiger charge is -2.14. The summed E-state index contributed by atoms with van der Waals surface area (Å²) in [5.74, 6) is -0.601. The minimum Gasteiger partial charge on any atom is -0.497 e. The van der Waals surface area contributed by atoms with Crippen molar-refractivity contribution in [2.45, 2.75) is 17.9 Å². The highest BCUT2D eigenvalue weighted by Crippen LogP contribution is 2.25. The van der Waals surface area contributed by atoms with E-state index in [4.69, 9.17) is 25.8 Å². The van der Waals surface area contributed by atoms with Crippen molar-refractivity contribution in [1.29, 1.82) is 0 Å². The van der Waals surface area contributed by atoms with E-state index in [2.05, 4.69) is 10.0 Å². The van der Waals surface area contributed by atoms with E-state index in [9.17, 15) is 18.0 Å². The van der Waals surface area contributed by atoms with Gasteiger partial charge in [0.25, 0.3) is 5.91 Å². The Bertz CT molecular complexity index is 988. The first-order valence-electron chi connectivity index (χ1n) is 8.62. The van der Waals surface area contributed by atoms with Gasteiger partial charge in [0.2, 0.25) is 10.0 Å². The van der Waals surface area contributed by atoms with Crippen molar-refractivity contribution in [3.05, 3.63) is 47.5 Å². The average Bonchev–Trinajstić information content (AvgIpc) is 2.71. The highest BCUT2D eigenvalue weighted by atomic mass is 35.5. The summed E-state index contributed by atoms with van der Waals surface area (Å²) < 4.78 is 41.9. The van der Waals surface area contributed by atoms with E-state index < -0.39 is 34.5 Å². The molecule has 0 unspecified atom stereocenters. The van der Waals surface area contributed by atoms with Crippen molar-refractivity contribution in [3.8, 4) is 11.5 Å². The summed E-state index contributed by atoms with van der Waals surface area (Å²) in [6.07, 6.45) is 0. The normalized spacial score (nSPS) is 12.0. The summed E-state index contributed by atoms with van der Waals surface area (Å²) >= 11 is 5.74. The molecule has 0 bridgehead atoms. The predicted octanol–water partition coefficient (Wildman–Crippen LogP) is 2.21. The first-order chi connectivity index (χ1) is 14.1. The van der Waals surface area contributed by atoms with Crippen molar-refractivity contribution >= 4 is 39.2 Å². The molecule has 1 amide bonds. The number of anilines is 1. The van der Waals surface area contributed by atoms with E-state index >= 15 is 0 Å². The van der Waals surface area contributed by atoms with Gasteiger partial charge in [-0.05, 0) is 31.2 Å². The standard InChI is InChI=1S/C19H21ClN2O7S/c1-12(22-30(25,26)17-6-4-13(20)5-7-17)19(24)29-11-18(23)21-14-8-15(27-2)10-16(9-14)28-3/h4-10,12,22H,11H2,1-3H3,(H,21,23)/t12-/m0/s1. The fourth-order valence-corrected chi connectivity index (χ4v) is 3.62. The largest absolute Gasteiger partial charge is 0.497 e. The smallest absolute Gasteiger partial charge is 0.324 e. The molecule has 9 nitrogen and oxygen atoms in total.